The van der Waals surface area contributed by atoms with E-state index in [9.17, 15) is 4.79 Å². The number of carbonyl (C=O) groups is 1. The van der Waals surface area contributed by atoms with Crippen molar-refractivity contribution in [3.8, 4) is 11.5 Å². The number of benzene rings is 1. The van der Waals surface area contributed by atoms with Crippen molar-refractivity contribution in [2.24, 2.45) is 5.41 Å². The van der Waals surface area contributed by atoms with Crippen LogP contribution in [0.1, 0.15) is 38.9 Å². The van der Waals surface area contributed by atoms with Gasteiger partial charge in [-0.2, -0.15) is 0 Å². The normalized spacial score (nSPS) is 15.4. The largest absolute Gasteiger partial charge is 0.454 e. The van der Waals surface area contributed by atoms with Crippen molar-refractivity contribution in [2.75, 3.05) is 13.9 Å². The number of carbonyl (C=O) groups excluding carboxylic acids is 1. The van der Waals surface area contributed by atoms with Gasteiger partial charge in [-0.15, -0.1) is 0 Å². The van der Waals surface area contributed by atoms with E-state index >= 15 is 0 Å². The van der Waals surface area contributed by atoms with Gasteiger partial charge in [0, 0.05) is 18.9 Å². The van der Waals surface area contributed by atoms with E-state index in [2.05, 4.69) is 0 Å². The number of Topliss-reactive ketones (excluding diaryl/α,β-unsaturated/α-hetero) is 1. The molecule has 2 rings (SSSR count). The van der Waals surface area contributed by atoms with Gasteiger partial charge in [0.05, 0.1) is 6.10 Å². The van der Waals surface area contributed by atoms with Crippen LogP contribution in [0.4, 0.5) is 0 Å². The van der Waals surface area contributed by atoms with Gasteiger partial charge in [-0.1, -0.05) is 26.8 Å². The molecule has 0 saturated carbocycles. The van der Waals surface area contributed by atoms with Crippen LogP contribution in [-0.2, 0) is 9.53 Å². The molecule has 1 aromatic rings. The van der Waals surface area contributed by atoms with Crippen LogP contribution in [0.5, 0.6) is 11.5 Å². The molecule has 19 heavy (non-hydrogen) atoms. The fourth-order valence-corrected chi connectivity index (χ4v) is 1.93. The van der Waals surface area contributed by atoms with E-state index in [4.69, 9.17) is 14.2 Å². The van der Waals surface area contributed by atoms with Crippen LogP contribution < -0.4 is 9.47 Å². The number of methoxy groups -OCH3 is 1. The third-order valence-electron chi connectivity index (χ3n) is 3.26. The minimum absolute atomic E-state index is 0.178. The molecular weight excluding hydrogens is 244 g/mol. The zero-order chi connectivity index (χ0) is 14.0. The molecule has 0 saturated heterocycles. The first-order valence-corrected chi connectivity index (χ1v) is 6.37. The Balaban J connectivity index is 2.16. The molecule has 0 spiro atoms. The van der Waals surface area contributed by atoms with Gasteiger partial charge >= 0.3 is 0 Å². The lowest BCUT2D eigenvalue weighted by Crippen LogP contribution is -2.22. The Kier molecular flexibility index (Phi) is 3.80. The van der Waals surface area contributed by atoms with Gasteiger partial charge in [0.1, 0.15) is 5.78 Å². The Morgan fingerprint density at radius 3 is 2.63 bits per heavy atom. The van der Waals surface area contributed by atoms with Crippen LogP contribution in [-0.4, -0.2) is 19.7 Å². The molecule has 1 aromatic carbocycles. The minimum Gasteiger partial charge on any atom is -0.454 e. The van der Waals surface area contributed by atoms with E-state index in [1.807, 2.05) is 39.0 Å². The van der Waals surface area contributed by atoms with E-state index < -0.39 is 0 Å². The van der Waals surface area contributed by atoms with Crippen LogP contribution in [0.25, 0.3) is 0 Å². The monoisotopic (exact) mass is 264 g/mol. The Bertz CT molecular complexity index is 474. The van der Waals surface area contributed by atoms with Crippen molar-refractivity contribution >= 4 is 5.78 Å². The average Bonchev–Trinajstić information content (AvgIpc) is 2.81. The Labute approximate surface area is 113 Å². The summed E-state index contributed by atoms with van der Waals surface area (Å²) in [5, 5.41) is 0. The van der Waals surface area contributed by atoms with Gasteiger partial charge in [-0.05, 0) is 17.7 Å². The first-order valence-electron chi connectivity index (χ1n) is 6.37. The molecule has 1 unspecified atom stereocenters. The van der Waals surface area contributed by atoms with Crippen LogP contribution in [0.15, 0.2) is 18.2 Å². The van der Waals surface area contributed by atoms with Crippen LogP contribution in [0, 0.1) is 5.41 Å². The highest BCUT2D eigenvalue weighted by atomic mass is 16.7. The molecule has 4 heteroatoms. The van der Waals surface area contributed by atoms with Crippen LogP contribution in [0.2, 0.25) is 0 Å². The summed E-state index contributed by atoms with van der Waals surface area (Å²) < 4.78 is 16.1. The van der Waals surface area contributed by atoms with Crippen molar-refractivity contribution in [1.82, 2.24) is 0 Å². The van der Waals surface area contributed by atoms with Gasteiger partial charge in [-0.3, -0.25) is 4.79 Å². The second-order valence-electron chi connectivity index (χ2n) is 5.71. The van der Waals surface area contributed by atoms with Gasteiger partial charge in [-0.25, -0.2) is 0 Å². The molecule has 1 aliphatic heterocycles. The van der Waals surface area contributed by atoms with Crippen molar-refractivity contribution in [1.29, 1.82) is 0 Å². The molecule has 0 aliphatic carbocycles. The first kappa shape index (κ1) is 13.9. The second kappa shape index (κ2) is 5.21. The topological polar surface area (TPSA) is 44.8 Å². The lowest BCUT2D eigenvalue weighted by molar-refractivity contribution is -0.128. The molecule has 0 radical (unpaired) electrons. The highest BCUT2D eigenvalue weighted by molar-refractivity contribution is 5.84. The maximum atomic E-state index is 12.1. The smallest absolute Gasteiger partial charge is 0.231 e. The van der Waals surface area contributed by atoms with E-state index in [0.717, 1.165) is 11.3 Å². The maximum Gasteiger partial charge on any atom is 0.231 e. The summed E-state index contributed by atoms with van der Waals surface area (Å²) in [5.41, 5.74) is 0.581. The van der Waals surface area contributed by atoms with E-state index in [0.29, 0.717) is 12.2 Å². The average molecular weight is 264 g/mol. The summed E-state index contributed by atoms with van der Waals surface area (Å²) in [6.45, 7) is 6.00. The number of hydrogen-bond donors (Lipinski definition) is 0. The predicted molar refractivity (Wildman–Crippen MR) is 71.4 cm³/mol. The standard InChI is InChI=1S/C15H20O4/c1-15(2,3)14(16)8-12(17-4)10-5-6-11-13(7-10)19-9-18-11/h5-7,12H,8-9H2,1-4H3. The number of rotatable bonds is 4. The molecule has 0 fully saturated rings. The molecule has 104 valence electrons. The van der Waals surface area contributed by atoms with E-state index in [-0.39, 0.29) is 24.1 Å². The van der Waals surface area contributed by atoms with Gasteiger partial charge < -0.3 is 14.2 Å². The summed E-state index contributed by atoms with van der Waals surface area (Å²) >= 11 is 0. The second-order valence-corrected chi connectivity index (χ2v) is 5.71. The fourth-order valence-electron chi connectivity index (χ4n) is 1.93. The predicted octanol–water partition coefficient (Wildman–Crippen LogP) is 3.11. The SMILES string of the molecule is COC(CC(=O)C(C)(C)C)c1ccc2c(c1)OCO2. The number of hydrogen-bond acceptors (Lipinski definition) is 4. The van der Waals surface area contributed by atoms with Crippen LogP contribution >= 0.6 is 0 Å². The van der Waals surface area contributed by atoms with Gasteiger partial charge in [0.15, 0.2) is 11.5 Å². The molecular formula is C15H20O4. The molecule has 0 N–H and O–H groups in total. The highest BCUT2D eigenvalue weighted by Crippen LogP contribution is 2.36. The van der Waals surface area contributed by atoms with Crippen molar-refractivity contribution in [3.05, 3.63) is 23.8 Å². The number of fused-ring (bicyclic) bond motifs is 1. The highest BCUT2D eigenvalue weighted by Gasteiger charge is 2.26. The van der Waals surface area contributed by atoms with Gasteiger partial charge in [0.2, 0.25) is 6.79 Å². The molecule has 4 nitrogen and oxygen atoms in total. The molecule has 1 aliphatic rings. The van der Waals surface area contributed by atoms with Crippen molar-refractivity contribution < 1.29 is 19.0 Å². The quantitative estimate of drug-likeness (QED) is 0.838. The van der Waals surface area contributed by atoms with E-state index in [1.165, 1.54) is 0 Å². The molecule has 1 heterocycles. The van der Waals surface area contributed by atoms with E-state index in [1.54, 1.807) is 7.11 Å². The Hall–Kier alpha value is -1.55. The molecule has 0 bridgehead atoms. The fraction of sp³-hybridized carbons (Fsp3) is 0.533. The van der Waals surface area contributed by atoms with Crippen LogP contribution in [0.3, 0.4) is 0 Å². The third-order valence-corrected chi connectivity index (χ3v) is 3.26. The lowest BCUT2D eigenvalue weighted by Gasteiger charge is -2.21. The van der Waals surface area contributed by atoms with Gasteiger partial charge in [0.25, 0.3) is 0 Å². The summed E-state index contributed by atoms with van der Waals surface area (Å²) in [6, 6.07) is 5.65. The third kappa shape index (κ3) is 3.07. The molecule has 0 aromatic heterocycles. The maximum absolute atomic E-state index is 12.1. The number of ketones is 1. The van der Waals surface area contributed by atoms with Crippen molar-refractivity contribution in [2.45, 2.75) is 33.3 Å². The zero-order valence-electron chi connectivity index (χ0n) is 11.9. The van der Waals surface area contributed by atoms with Crippen molar-refractivity contribution in [3.63, 3.8) is 0 Å². The Morgan fingerprint density at radius 1 is 1.32 bits per heavy atom. The summed E-state index contributed by atoms with van der Waals surface area (Å²) in [4.78, 5) is 12.1. The summed E-state index contributed by atoms with van der Waals surface area (Å²) in [5.74, 6) is 1.63. The molecule has 1 atom stereocenters. The Morgan fingerprint density at radius 2 is 2.00 bits per heavy atom. The summed E-state index contributed by atoms with van der Waals surface area (Å²) in [7, 11) is 1.62. The summed E-state index contributed by atoms with van der Waals surface area (Å²) in [6.07, 6.45) is 0.112. The zero-order valence-corrected chi connectivity index (χ0v) is 11.9. The molecule has 0 amide bonds. The lowest BCUT2D eigenvalue weighted by atomic mass is 9.86. The first-order chi connectivity index (χ1) is 8.91. The number of ether oxygens (including phenoxy) is 3. The minimum atomic E-state index is -0.354.